The number of pyridine rings is 1. The van der Waals surface area contributed by atoms with Crippen LogP contribution in [0.1, 0.15) is 28.4 Å². The van der Waals surface area contributed by atoms with E-state index in [1.807, 2.05) is 0 Å². The normalized spacial score (nSPS) is 11.4. The number of carboxylic acids is 1. The summed E-state index contributed by atoms with van der Waals surface area (Å²) < 4.78 is 10.4. The number of rotatable bonds is 7. The Morgan fingerprint density at radius 2 is 1.96 bits per heavy atom. The fraction of sp³-hybridized carbons (Fsp3) is 0.235. The van der Waals surface area contributed by atoms with Gasteiger partial charge in [0.05, 0.1) is 32.2 Å². The molecule has 0 aliphatic rings. The smallest absolute Gasteiger partial charge is 0.305 e. The van der Waals surface area contributed by atoms with Crippen LogP contribution in [0.2, 0.25) is 0 Å². The van der Waals surface area contributed by atoms with Gasteiger partial charge in [-0.05, 0) is 29.8 Å². The average Bonchev–Trinajstić information content (AvgIpc) is 2.60. The number of benzene rings is 1. The number of nitrogens with one attached hydrogen (secondary N) is 1. The predicted octanol–water partition coefficient (Wildman–Crippen LogP) is 2.04. The van der Waals surface area contributed by atoms with Gasteiger partial charge in [-0.2, -0.15) is 0 Å². The van der Waals surface area contributed by atoms with Crippen LogP contribution in [-0.2, 0) is 4.79 Å². The minimum absolute atomic E-state index is 0.262. The van der Waals surface area contributed by atoms with Gasteiger partial charge in [0, 0.05) is 12.4 Å². The third-order valence-electron chi connectivity index (χ3n) is 3.42. The summed E-state index contributed by atoms with van der Waals surface area (Å²) in [6.07, 6.45) is 2.71. The van der Waals surface area contributed by atoms with Crippen molar-refractivity contribution in [1.82, 2.24) is 10.3 Å². The van der Waals surface area contributed by atoms with Crippen molar-refractivity contribution in [1.29, 1.82) is 0 Å². The molecule has 1 atom stereocenters. The van der Waals surface area contributed by atoms with E-state index in [2.05, 4.69) is 10.3 Å². The molecule has 7 heteroatoms. The van der Waals surface area contributed by atoms with Gasteiger partial charge in [-0.25, -0.2) is 0 Å². The van der Waals surface area contributed by atoms with E-state index in [0.717, 1.165) is 0 Å². The van der Waals surface area contributed by atoms with Crippen LogP contribution in [-0.4, -0.2) is 36.2 Å². The maximum Gasteiger partial charge on any atom is 0.305 e. The first-order valence-corrected chi connectivity index (χ1v) is 7.19. The molecule has 0 saturated carbocycles. The Hall–Kier alpha value is -3.09. The minimum atomic E-state index is -1.03. The molecule has 0 spiro atoms. The average molecular weight is 330 g/mol. The Labute approximate surface area is 139 Å². The van der Waals surface area contributed by atoms with E-state index in [4.69, 9.17) is 14.6 Å². The molecule has 7 nitrogen and oxygen atoms in total. The Morgan fingerprint density at radius 3 is 2.54 bits per heavy atom. The first-order valence-electron chi connectivity index (χ1n) is 7.19. The Balaban J connectivity index is 2.28. The zero-order valence-corrected chi connectivity index (χ0v) is 13.4. The van der Waals surface area contributed by atoms with Crippen molar-refractivity contribution in [2.24, 2.45) is 0 Å². The Morgan fingerprint density at radius 1 is 1.21 bits per heavy atom. The number of methoxy groups -OCH3 is 2. The zero-order chi connectivity index (χ0) is 17.5. The number of hydrogen-bond acceptors (Lipinski definition) is 5. The van der Waals surface area contributed by atoms with Crippen molar-refractivity contribution in [3.8, 4) is 11.5 Å². The van der Waals surface area contributed by atoms with E-state index < -0.39 is 17.9 Å². The van der Waals surface area contributed by atoms with Crippen LogP contribution in [0.4, 0.5) is 0 Å². The summed E-state index contributed by atoms with van der Waals surface area (Å²) in [4.78, 5) is 27.3. The van der Waals surface area contributed by atoms with Crippen LogP contribution >= 0.6 is 0 Å². The van der Waals surface area contributed by atoms with Crippen molar-refractivity contribution >= 4 is 11.9 Å². The molecule has 126 valence electrons. The van der Waals surface area contributed by atoms with Crippen LogP contribution in [0.3, 0.4) is 0 Å². The highest BCUT2D eigenvalue weighted by molar-refractivity contribution is 5.94. The predicted molar refractivity (Wildman–Crippen MR) is 86.2 cm³/mol. The van der Waals surface area contributed by atoms with Gasteiger partial charge in [-0.15, -0.1) is 0 Å². The molecule has 0 fully saturated rings. The van der Waals surface area contributed by atoms with Crippen molar-refractivity contribution in [3.05, 3.63) is 53.9 Å². The van der Waals surface area contributed by atoms with Gasteiger partial charge in [0.25, 0.3) is 5.91 Å². The molecule has 0 aliphatic heterocycles. The van der Waals surface area contributed by atoms with Crippen LogP contribution < -0.4 is 14.8 Å². The molecule has 0 aliphatic carbocycles. The number of aliphatic carboxylic acids is 1. The summed E-state index contributed by atoms with van der Waals surface area (Å²) in [7, 11) is 3.00. The van der Waals surface area contributed by atoms with Crippen LogP contribution in [0.15, 0.2) is 42.7 Å². The number of carbonyl (C=O) groups excluding carboxylic acids is 1. The van der Waals surface area contributed by atoms with Crippen molar-refractivity contribution in [3.63, 3.8) is 0 Å². The topological polar surface area (TPSA) is 97.8 Å². The molecule has 1 aromatic heterocycles. The largest absolute Gasteiger partial charge is 0.493 e. The number of carbonyl (C=O) groups is 2. The number of ether oxygens (including phenoxy) is 2. The molecule has 0 radical (unpaired) electrons. The van der Waals surface area contributed by atoms with Gasteiger partial charge < -0.3 is 19.9 Å². The standard InChI is InChI=1S/C17H18N2O5/c1-23-14-6-5-11(8-15(14)24-2)13(9-16(20)21)19-17(22)12-4-3-7-18-10-12/h3-8,10,13H,9H2,1-2H3,(H,19,22)(H,20,21). The fourth-order valence-corrected chi connectivity index (χ4v) is 2.24. The van der Waals surface area contributed by atoms with Crippen LogP contribution in [0.25, 0.3) is 0 Å². The summed E-state index contributed by atoms with van der Waals surface area (Å²) in [6.45, 7) is 0. The molecule has 24 heavy (non-hydrogen) atoms. The first-order chi connectivity index (χ1) is 11.5. The fourth-order valence-electron chi connectivity index (χ4n) is 2.24. The molecule has 0 bridgehead atoms. The van der Waals surface area contributed by atoms with Crippen molar-refractivity contribution in [2.45, 2.75) is 12.5 Å². The molecule has 2 aromatic rings. The van der Waals surface area contributed by atoms with E-state index >= 15 is 0 Å². The summed E-state index contributed by atoms with van der Waals surface area (Å²) in [5.74, 6) is -0.444. The number of hydrogen-bond donors (Lipinski definition) is 2. The molecular weight excluding hydrogens is 312 g/mol. The van der Waals surface area contributed by atoms with Crippen molar-refractivity contribution in [2.75, 3.05) is 14.2 Å². The van der Waals surface area contributed by atoms with E-state index in [0.29, 0.717) is 22.6 Å². The van der Waals surface area contributed by atoms with Gasteiger partial charge >= 0.3 is 5.97 Å². The maximum absolute atomic E-state index is 12.3. The SMILES string of the molecule is COc1ccc(C(CC(=O)O)NC(=O)c2cccnc2)cc1OC. The van der Waals surface area contributed by atoms with E-state index in [1.165, 1.54) is 20.4 Å². The van der Waals surface area contributed by atoms with Gasteiger partial charge in [0.1, 0.15) is 0 Å². The summed E-state index contributed by atoms with van der Waals surface area (Å²) >= 11 is 0. The molecule has 2 N–H and O–H groups in total. The second-order valence-corrected chi connectivity index (χ2v) is 4.98. The van der Waals surface area contributed by atoms with Crippen molar-refractivity contribution < 1.29 is 24.2 Å². The van der Waals surface area contributed by atoms with Crippen LogP contribution in [0.5, 0.6) is 11.5 Å². The summed E-state index contributed by atoms with van der Waals surface area (Å²) in [5.41, 5.74) is 0.959. The lowest BCUT2D eigenvalue weighted by atomic mass is 10.0. The van der Waals surface area contributed by atoms with Crippen LogP contribution in [0, 0.1) is 0 Å². The number of carboxylic acid groups (broad SMARTS) is 1. The lowest BCUT2D eigenvalue weighted by molar-refractivity contribution is -0.137. The lowest BCUT2D eigenvalue weighted by Crippen LogP contribution is -2.30. The van der Waals surface area contributed by atoms with E-state index in [-0.39, 0.29) is 6.42 Å². The van der Waals surface area contributed by atoms with Gasteiger partial charge in [-0.1, -0.05) is 6.07 Å². The second-order valence-electron chi connectivity index (χ2n) is 4.98. The lowest BCUT2D eigenvalue weighted by Gasteiger charge is -2.19. The molecule has 2 rings (SSSR count). The first kappa shape index (κ1) is 17.3. The summed E-state index contributed by atoms with van der Waals surface area (Å²) in [5, 5.41) is 11.8. The Kier molecular flexibility index (Phi) is 5.73. The van der Waals surface area contributed by atoms with E-state index in [1.54, 1.807) is 36.5 Å². The highest BCUT2D eigenvalue weighted by atomic mass is 16.5. The molecule has 1 aromatic carbocycles. The molecule has 1 amide bonds. The number of aromatic nitrogens is 1. The third-order valence-corrected chi connectivity index (χ3v) is 3.42. The van der Waals surface area contributed by atoms with Gasteiger partial charge in [-0.3, -0.25) is 14.6 Å². The third kappa shape index (κ3) is 4.22. The number of nitrogens with zero attached hydrogens (tertiary/aromatic N) is 1. The Bertz CT molecular complexity index is 718. The molecule has 1 unspecified atom stereocenters. The highest BCUT2D eigenvalue weighted by Crippen LogP contribution is 2.31. The summed E-state index contributed by atoms with van der Waals surface area (Å²) in [6, 6.07) is 7.54. The number of amides is 1. The quantitative estimate of drug-likeness (QED) is 0.806. The monoisotopic (exact) mass is 330 g/mol. The molecule has 1 heterocycles. The second kappa shape index (κ2) is 7.96. The minimum Gasteiger partial charge on any atom is -0.493 e. The molecule has 0 saturated heterocycles. The maximum atomic E-state index is 12.3. The zero-order valence-electron chi connectivity index (χ0n) is 13.4. The highest BCUT2D eigenvalue weighted by Gasteiger charge is 2.20. The van der Waals surface area contributed by atoms with E-state index in [9.17, 15) is 9.59 Å². The van der Waals surface area contributed by atoms with Gasteiger partial charge in [0.15, 0.2) is 11.5 Å². The molecular formula is C17H18N2O5. The van der Waals surface area contributed by atoms with Gasteiger partial charge in [0.2, 0.25) is 0 Å².